The first-order valence-corrected chi connectivity index (χ1v) is 6.89. The fraction of sp³-hybridized carbons (Fsp3) is 0.222. The number of allylic oxidation sites excluding steroid dienone is 1. The lowest BCUT2D eigenvalue weighted by Gasteiger charge is -2.07. The van der Waals surface area contributed by atoms with Crippen LogP contribution in [0.2, 0.25) is 0 Å². The van der Waals surface area contributed by atoms with Crippen LogP contribution in [0.5, 0.6) is 17.2 Å². The topological polar surface area (TPSA) is 18.5 Å². The molecule has 0 aromatic heterocycles. The molecule has 0 amide bonds. The first-order chi connectivity index (χ1) is 9.78. The summed E-state index contributed by atoms with van der Waals surface area (Å²) in [5.74, 6) is 2.50. The molecule has 0 spiro atoms. The van der Waals surface area contributed by atoms with Crippen LogP contribution >= 0.6 is 0 Å². The maximum absolute atomic E-state index is 5.73. The second-order valence-electron chi connectivity index (χ2n) is 4.60. The number of rotatable bonds is 6. The largest absolute Gasteiger partial charge is 0.490 e. The van der Waals surface area contributed by atoms with Gasteiger partial charge in [-0.15, -0.1) is 0 Å². The van der Waals surface area contributed by atoms with E-state index in [0.29, 0.717) is 6.61 Å². The van der Waals surface area contributed by atoms with E-state index in [1.165, 1.54) is 5.57 Å². The Hall–Kier alpha value is -2.22. The summed E-state index contributed by atoms with van der Waals surface area (Å²) in [6.07, 6.45) is 3.17. The average molecular weight is 268 g/mol. The van der Waals surface area contributed by atoms with E-state index >= 15 is 0 Å². The molecule has 0 aliphatic carbocycles. The Morgan fingerprint density at radius 2 is 1.50 bits per heavy atom. The van der Waals surface area contributed by atoms with Gasteiger partial charge in [0.05, 0.1) is 0 Å². The van der Waals surface area contributed by atoms with Crippen molar-refractivity contribution in [3.8, 4) is 17.2 Å². The Bertz CT molecular complexity index is 541. The molecule has 2 aromatic rings. The monoisotopic (exact) mass is 268 g/mol. The highest BCUT2D eigenvalue weighted by atomic mass is 16.5. The van der Waals surface area contributed by atoms with Crippen LogP contribution < -0.4 is 9.47 Å². The smallest absolute Gasteiger partial charge is 0.127 e. The van der Waals surface area contributed by atoms with Crippen LogP contribution in [0.15, 0.2) is 66.2 Å². The molecule has 0 atom stereocenters. The van der Waals surface area contributed by atoms with Gasteiger partial charge in [-0.1, -0.05) is 30.7 Å². The fourth-order valence-corrected chi connectivity index (χ4v) is 1.65. The van der Waals surface area contributed by atoms with Crippen LogP contribution in [-0.2, 0) is 0 Å². The van der Waals surface area contributed by atoms with E-state index in [0.717, 1.165) is 23.7 Å². The highest BCUT2D eigenvalue weighted by Crippen LogP contribution is 2.23. The van der Waals surface area contributed by atoms with Crippen LogP contribution in [0.25, 0.3) is 0 Å². The Morgan fingerprint density at radius 1 is 0.900 bits per heavy atom. The van der Waals surface area contributed by atoms with Crippen molar-refractivity contribution in [2.24, 2.45) is 0 Å². The Balaban J connectivity index is 1.90. The van der Waals surface area contributed by atoms with Gasteiger partial charge in [0.1, 0.15) is 23.9 Å². The Labute approximate surface area is 120 Å². The van der Waals surface area contributed by atoms with Gasteiger partial charge < -0.3 is 9.47 Å². The molecule has 0 bridgehead atoms. The SMILES string of the molecule is CCC(C)=CCOc1ccc(Oc2ccccc2)cc1. The quantitative estimate of drug-likeness (QED) is 0.669. The first kappa shape index (κ1) is 14.2. The van der Waals surface area contributed by atoms with Gasteiger partial charge in [-0.25, -0.2) is 0 Å². The minimum absolute atomic E-state index is 0.610. The molecule has 0 aliphatic heterocycles. The predicted molar refractivity (Wildman–Crippen MR) is 82.5 cm³/mol. The molecule has 0 aliphatic rings. The van der Waals surface area contributed by atoms with Gasteiger partial charge in [0, 0.05) is 0 Å². The van der Waals surface area contributed by atoms with E-state index in [2.05, 4.69) is 19.9 Å². The van der Waals surface area contributed by atoms with Crippen molar-refractivity contribution in [2.45, 2.75) is 20.3 Å². The summed E-state index contributed by atoms with van der Waals surface area (Å²) in [5, 5.41) is 0. The van der Waals surface area contributed by atoms with E-state index in [9.17, 15) is 0 Å². The summed E-state index contributed by atoms with van der Waals surface area (Å²) in [5.41, 5.74) is 1.34. The molecular formula is C18H20O2. The lowest BCUT2D eigenvalue weighted by Crippen LogP contribution is -1.94. The van der Waals surface area contributed by atoms with Gasteiger partial charge >= 0.3 is 0 Å². The van der Waals surface area contributed by atoms with Gasteiger partial charge in [-0.05, 0) is 55.8 Å². The van der Waals surface area contributed by atoms with Crippen LogP contribution in [-0.4, -0.2) is 6.61 Å². The van der Waals surface area contributed by atoms with Gasteiger partial charge in [-0.2, -0.15) is 0 Å². The van der Waals surface area contributed by atoms with E-state index in [1.807, 2.05) is 54.6 Å². The molecule has 2 nitrogen and oxygen atoms in total. The second kappa shape index (κ2) is 7.39. The Morgan fingerprint density at radius 3 is 2.15 bits per heavy atom. The van der Waals surface area contributed by atoms with Crippen molar-refractivity contribution >= 4 is 0 Å². The standard InChI is InChI=1S/C18H20O2/c1-3-15(2)13-14-19-16-9-11-18(12-10-16)20-17-7-5-4-6-8-17/h4-13H,3,14H2,1-2H3. The minimum atomic E-state index is 0.610. The third-order valence-electron chi connectivity index (χ3n) is 3.04. The lowest BCUT2D eigenvalue weighted by atomic mass is 10.2. The van der Waals surface area contributed by atoms with Gasteiger partial charge in [-0.3, -0.25) is 0 Å². The highest BCUT2D eigenvalue weighted by Gasteiger charge is 1.97. The molecule has 0 N–H and O–H groups in total. The number of para-hydroxylation sites is 1. The minimum Gasteiger partial charge on any atom is -0.490 e. The van der Waals surface area contributed by atoms with Crippen molar-refractivity contribution in [1.29, 1.82) is 0 Å². The molecule has 0 heterocycles. The lowest BCUT2D eigenvalue weighted by molar-refractivity contribution is 0.361. The summed E-state index contributed by atoms with van der Waals surface area (Å²) in [6, 6.07) is 17.4. The number of ether oxygens (including phenoxy) is 2. The molecule has 0 radical (unpaired) electrons. The third-order valence-corrected chi connectivity index (χ3v) is 3.04. The molecule has 0 saturated carbocycles. The van der Waals surface area contributed by atoms with Crippen LogP contribution in [0, 0.1) is 0 Å². The van der Waals surface area contributed by atoms with Gasteiger partial charge in [0.2, 0.25) is 0 Å². The van der Waals surface area contributed by atoms with Gasteiger partial charge in [0.15, 0.2) is 0 Å². The second-order valence-corrected chi connectivity index (χ2v) is 4.60. The Kier molecular flexibility index (Phi) is 5.24. The average Bonchev–Trinajstić information content (AvgIpc) is 2.50. The predicted octanol–water partition coefficient (Wildman–Crippen LogP) is 5.21. The summed E-state index contributed by atoms with van der Waals surface area (Å²) < 4.78 is 11.4. The molecule has 104 valence electrons. The van der Waals surface area contributed by atoms with Crippen LogP contribution in [0.3, 0.4) is 0 Å². The summed E-state index contributed by atoms with van der Waals surface area (Å²) >= 11 is 0. The molecule has 2 rings (SSSR count). The number of hydrogen-bond donors (Lipinski definition) is 0. The van der Waals surface area contributed by atoms with E-state index in [4.69, 9.17) is 9.47 Å². The summed E-state index contributed by atoms with van der Waals surface area (Å²) in [4.78, 5) is 0. The summed E-state index contributed by atoms with van der Waals surface area (Å²) in [7, 11) is 0. The van der Waals surface area contributed by atoms with E-state index in [-0.39, 0.29) is 0 Å². The molecule has 2 heteroatoms. The maximum Gasteiger partial charge on any atom is 0.127 e. The normalized spacial score (nSPS) is 11.2. The third kappa shape index (κ3) is 4.47. The van der Waals surface area contributed by atoms with Crippen molar-refractivity contribution in [3.63, 3.8) is 0 Å². The van der Waals surface area contributed by atoms with Gasteiger partial charge in [0.25, 0.3) is 0 Å². The highest BCUT2D eigenvalue weighted by molar-refractivity contribution is 5.35. The van der Waals surface area contributed by atoms with Crippen molar-refractivity contribution in [2.75, 3.05) is 6.61 Å². The zero-order valence-electron chi connectivity index (χ0n) is 12.0. The van der Waals surface area contributed by atoms with Crippen molar-refractivity contribution < 1.29 is 9.47 Å². The van der Waals surface area contributed by atoms with Crippen LogP contribution in [0.4, 0.5) is 0 Å². The maximum atomic E-state index is 5.73. The summed E-state index contributed by atoms with van der Waals surface area (Å²) in [6.45, 7) is 4.86. The molecule has 0 unspecified atom stereocenters. The molecule has 0 fully saturated rings. The first-order valence-electron chi connectivity index (χ1n) is 6.89. The van der Waals surface area contributed by atoms with Crippen molar-refractivity contribution in [3.05, 3.63) is 66.2 Å². The fourth-order valence-electron chi connectivity index (χ4n) is 1.65. The van der Waals surface area contributed by atoms with Crippen LogP contribution in [0.1, 0.15) is 20.3 Å². The molecule has 0 saturated heterocycles. The number of benzene rings is 2. The van der Waals surface area contributed by atoms with E-state index < -0.39 is 0 Å². The zero-order valence-corrected chi connectivity index (χ0v) is 12.0. The zero-order chi connectivity index (χ0) is 14.2. The molecule has 2 aromatic carbocycles. The van der Waals surface area contributed by atoms with Crippen molar-refractivity contribution in [1.82, 2.24) is 0 Å². The van der Waals surface area contributed by atoms with E-state index in [1.54, 1.807) is 0 Å². The number of hydrogen-bond acceptors (Lipinski definition) is 2. The molecule has 20 heavy (non-hydrogen) atoms. The molecular weight excluding hydrogens is 248 g/mol.